The minimum atomic E-state index is -0.191. The number of aryl methyl sites for hydroxylation is 1. The van der Waals surface area contributed by atoms with E-state index in [1.807, 2.05) is 27.1 Å². The van der Waals surface area contributed by atoms with Crippen LogP contribution in [-0.2, 0) is 13.6 Å². The zero-order valence-corrected chi connectivity index (χ0v) is 18.6. The van der Waals surface area contributed by atoms with Gasteiger partial charge in [0.15, 0.2) is 0 Å². The molecule has 5 rings (SSSR count). The summed E-state index contributed by atoms with van der Waals surface area (Å²) in [6.07, 6.45) is 9.27. The van der Waals surface area contributed by atoms with Crippen molar-refractivity contribution in [1.29, 1.82) is 0 Å². The highest BCUT2D eigenvalue weighted by atomic mass is 16.1. The molecule has 1 atom stereocenters. The fraction of sp³-hybridized carbons (Fsp3) is 0.360. The molecule has 0 saturated heterocycles. The highest BCUT2D eigenvalue weighted by Gasteiger charge is 2.25. The predicted octanol–water partition coefficient (Wildman–Crippen LogP) is 3.38. The van der Waals surface area contributed by atoms with Gasteiger partial charge in [-0.25, -0.2) is 14.6 Å². The van der Waals surface area contributed by atoms with Crippen LogP contribution in [0, 0.1) is 23.7 Å². The molecule has 0 bridgehead atoms. The fourth-order valence-corrected chi connectivity index (χ4v) is 4.09. The summed E-state index contributed by atoms with van der Waals surface area (Å²) in [7, 11) is 1.97. The lowest BCUT2D eigenvalue weighted by atomic mass is 9.99. The van der Waals surface area contributed by atoms with Crippen molar-refractivity contribution in [2.75, 3.05) is 0 Å². The molecule has 3 aromatic heterocycles. The molecule has 7 heteroatoms. The lowest BCUT2D eigenvalue weighted by Crippen LogP contribution is -2.22. The van der Waals surface area contributed by atoms with E-state index in [-0.39, 0.29) is 17.5 Å². The summed E-state index contributed by atoms with van der Waals surface area (Å²) in [6.45, 7) is 4.87. The summed E-state index contributed by atoms with van der Waals surface area (Å²) in [5, 5.41) is 5.40. The van der Waals surface area contributed by atoms with Crippen LogP contribution in [0.3, 0.4) is 0 Å². The molecule has 3 heterocycles. The zero-order valence-electron chi connectivity index (χ0n) is 18.6. The van der Waals surface area contributed by atoms with Crippen LogP contribution in [0.1, 0.15) is 49.6 Å². The van der Waals surface area contributed by atoms with E-state index >= 15 is 0 Å². The first kappa shape index (κ1) is 20.3. The molecule has 1 unspecified atom stereocenters. The van der Waals surface area contributed by atoms with Crippen molar-refractivity contribution in [3.8, 4) is 11.8 Å². The number of hydrogen-bond acceptors (Lipinski definition) is 4. The van der Waals surface area contributed by atoms with Gasteiger partial charge >= 0.3 is 0 Å². The van der Waals surface area contributed by atoms with Gasteiger partial charge < -0.3 is 9.13 Å². The summed E-state index contributed by atoms with van der Waals surface area (Å²) < 4.78 is 5.73. The molecule has 1 saturated carbocycles. The Hall–Kier alpha value is -3.66. The number of rotatable bonds is 5. The molecule has 162 valence electrons. The smallest absolute Gasteiger partial charge is 0.252 e. The SMILES string of the molecule is CC(C)C#Cc1cc(=O)n(CC2CC2)c2ccc(C(c3cncn3C)n3cncn3)cc12. The molecule has 1 fully saturated rings. The second-order valence-electron chi connectivity index (χ2n) is 8.86. The van der Waals surface area contributed by atoms with Gasteiger partial charge in [0, 0.05) is 36.5 Å². The average molecular weight is 427 g/mol. The Labute approximate surface area is 186 Å². The Morgan fingerprint density at radius 2 is 2.00 bits per heavy atom. The summed E-state index contributed by atoms with van der Waals surface area (Å²) in [6, 6.07) is 7.77. The van der Waals surface area contributed by atoms with Crippen molar-refractivity contribution < 1.29 is 0 Å². The summed E-state index contributed by atoms with van der Waals surface area (Å²) in [5.41, 5.74) is 3.76. The van der Waals surface area contributed by atoms with Crippen LogP contribution in [0.4, 0.5) is 0 Å². The average Bonchev–Trinajstić information content (AvgIpc) is 3.24. The largest absolute Gasteiger partial charge is 0.336 e. The standard InChI is InChI=1S/C25H26N6O/c1-17(2)4-7-19-11-24(32)30(13-18-5-6-18)22-9-8-20(10-21(19)22)25(31-16-27-14-28-31)23-12-26-15-29(23)3/h8-12,14-18,25H,5-6,13H2,1-3H3. The third-order valence-electron chi connectivity index (χ3n) is 5.92. The van der Waals surface area contributed by atoms with Crippen LogP contribution in [0.5, 0.6) is 0 Å². The van der Waals surface area contributed by atoms with E-state index in [1.165, 1.54) is 19.2 Å². The van der Waals surface area contributed by atoms with Gasteiger partial charge in [-0.1, -0.05) is 31.8 Å². The third-order valence-corrected chi connectivity index (χ3v) is 5.92. The number of pyridine rings is 1. The Morgan fingerprint density at radius 1 is 1.16 bits per heavy atom. The second kappa shape index (κ2) is 8.12. The lowest BCUT2D eigenvalue weighted by Gasteiger charge is -2.20. The van der Waals surface area contributed by atoms with Crippen LogP contribution in [0.2, 0.25) is 0 Å². The van der Waals surface area contributed by atoms with Gasteiger partial charge in [-0.15, -0.1) is 0 Å². The molecule has 1 aliphatic carbocycles. The quantitative estimate of drug-likeness (QED) is 0.459. The fourth-order valence-electron chi connectivity index (χ4n) is 4.09. The number of imidazole rings is 1. The van der Waals surface area contributed by atoms with Gasteiger partial charge in [0.05, 0.1) is 23.7 Å². The molecular formula is C25H26N6O. The second-order valence-corrected chi connectivity index (χ2v) is 8.86. The van der Waals surface area contributed by atoms with E-state index in [9.17, 15) is 4.79 Å². The van der Waals surface area contributed by atoms with Crippen LogP contribution in [0.15, 0.2) is 54.2 Å². The van der Waals surface area contributed by atoms with Crippen molar-refractivity contribution in [3.05, 3.63) is 76.6 Å². The van der Waals surface area contributed by atoms with Gasteiger partial charge in [0.1, 0.15) is 18.7 Å². The Bertz CT molecular complexity index is 1380. The number of aromatic nitrogens is 6. The molecule has 32 heavy (non-hydrogen) atoms. The number of nitrogens with zero attached hydrogens (tertiary/aromatic N) is 6. The van der Waals surface area contributed by atoms with E-state index in [2.05, 4.69) is 59.0 Å². The molecule has 0 spiro atoms. The van der Waals surface area contributed by atoms with Crippen LogP contribution < -0.4 is 5.56 Å². The molecular weight excluding hydrogens is 400 g/mol. The van der Waals surface area contributed by atoms with E-state index in [4.69, 9.17) is 0 Å². The predicted molar refractivity (Wildman–Crippen MR) is 123 cm³/mol. The van der Waals surface area contributed by atoms with Crippen molar-refractivity contribution in [2.24, 2.45) is 18.9 Å². The first-order valence-corrected chi connectivity index (χ1v) is 11.0. The normalized spacial score (nSPS) is 14.5. The number of fused-ring (bicyclic) bond motifs is 1. The molecule has 0 N–H and O–H groups in total. The van der Waals surface area contributed by atoms with E-state index < -0.39 is 0 Å². The molecule has 4 aromatic rings. The van der Waals surface area contributed by atoms with Crippen molar-refractivity contribution in [3.63, 3.8) is 0 Å². The van der Waals surface area contributed by atoms with Crippen molar-refractivity contribution in [2.45, 2.75) is 39.3 Å². The third kappa shape index (κ3) is 3.84. The molecule has 7 nitrogen and oxygen atoms in total. The maximum absolute atomic E-state index is 13.0. The topological polar surface area (TPSA) is 70.5 Å². The van der Waals surface area contributed by atoms with E-state index in [0.717, 1.165) is 34.3 Å². The summed E-state index contributed by atoms with van der Waals surface area (Å²) in [4.78, 5) is 21.4. The monoisotopic (exact) mass is 426 g/mol. The highest BCUT2D eigenvalue weighted by Crippen LogP contribution is 2.33. The van der Waals surface area contributed by atoms with Crippen molar-refractivity contribution in [1.82, 2.24) is 28.9 Å². The Balaban J connectivity index is 1.73. The van der Waals surface area contributed by atoms with Crippen LogP contribution in [-0.4, -0.2) is 28.9 Å². The summed E-state index contributed by atoms with van der Waals surface area (Å²) in [5.74, 6) is 7.30. The minimum absolute atomic E-state index is 0.0182. The van der Waals surface area contributed by atoms with Crippen molar-refractivity contribution >= 4 is 10.9 Å². The molecule has 1 aliphatic rings. The van der Waals surface area contributed by atoms with Gasteiger partial charge in [-0.3, -0.25) is 4.79 Å². The number of hydrogen-bond donors (Lipinski definition) is 0. The summed E-state index contributed by atoms with van der Waals surface area (Å²) >= 11 is 0. The molecule has 0 aliphatic heterocycles. The van der Waals surface area contributed by atoms with Gasteiger partial charge in [0.2, 0.25) is 0 Å². The maximum Gasteiger partial charge on any atom is 0.252 e. The van der Waals surface area contributed by atoms with Gasteiger partial charge in [0.25, 0.3) is 5.56 Å². The molecule has 0 amide bonds. The lowest BCUT2D eigenvalue weighted by molar-refractivity contribution is 0.562. The Kier molecular flexibility index (Phi) is 5.14. The first-order chi connectivity index (χ1) is 15.5. The van der Waals surface area contributed by atoms with Gasteiger partial charge in [-0.2, -0.15) is 5.10 Å². The van der Waals surface area contributed by atoms with Crippen LogP contribution in [0.25, 0.3) is 10.9 Å². The molecule has 1 aromatic carbocycles. The minimum Gasteiger partial charge on any atom is -0.336 e. The van der Waals surface area contributed by atoms with Crippen LogP contribution >= 0.6 is 0 Å². The maximum atomic E-state index is 13.0. The van der Waals surface area contributed by atoms with E-state index in [0.29, 0.717) is 5.92 Å². The Morgan fingerprint density at radius 3 is 2.66 bits per heavy atom. The zero-order chi connectivity index (χ0) is 22.2. The first-order valence-electron chi connectivity index (χ1n) is 11.0. The highest BCUT2D eigenvalue weighted by molar-refractivity contribution is 5.86. The number of benzene rings is 1. The van der Waals surface area contributed by atoms with E-state index in [1.54, 1.807) is 18.7 Å². The van der Waals surface area contributed by atoms with Gasteiger partial charge in [-0.05, 0) is 36.5 Å². The molecule has 0 radical (unpaired) electrons.